The van der Waals surface area contributed by atoms with E-state index in [1.54, 1.807) is 6.92 Å². The lowest BCUT2D eigenvalue weighted by Gasteiger charge is -2.01. The van der Waals surface area contributed by atoms with Gasteiger partial charge in [-0.1, -0.05) is 21.1 Å². The number of oxime groups is 1. The van der Waals surface area contributed by atoms with Gasteiger partial charge in [0.05, 0.1) is 6.61 Å². The standard InChI is InChI=1S/C8H16BrNO2/c1-3-11-8(2)10-12-7-5-4-6-9/h3-7H2,1-2H3. The number of hydrogen-bond donors (Lipinski definition) is 0. The van der Waals surface area contributed by atoms with E-state index >= 15 is 0 Å². The lowest BCUT2D eigenvalue weighted by molar-refractivity contribution is 0.130. The van der Waals surface area contributed by atoms with E-state index in [0.29, 0.717) is 19.1 Å². The molecule has 0 saturated heterocycles. The van der Waals surface area contributed by atoms with Crippen molar-refractivity contribution in [3.05, 3.63) is 0 Å². The van der Waals surface area contributed by atoms with Crippen molar-refractivity contribution in [2.24, 2.45) is 5.16 Å². The van der Waals surface area contributed by atoms with Crippen molar-refractivity contribution < 1.29 is 9.57 Å². The zero-order chi connectivity index (χ0) is 9.23. The monoisotopic (exact) mass is 237 g/mol. The number of halogens is 1. The van der Waals surface area contributed by atoms with Crippen molar-refractivity contribution in [3.8, 4) is 0 Å². The first kappa shape index (κ1) is 11.8. The molecule has 0 amide bonds. The highest BCUT2D eigenvalue weighted by Crippen LogP contribution is 1.94. The van der Waals surface area contributed by atoms with Crippen molar-refractivity contribution in [3.63, 3.8) is 0 Å². The van der Waals surface area contributed by atoms with Crippen LogP contribution in [0.15, 0.2) is 5.16 Å². The summed E-state index contributed by atoms with van der Waals surface area (Å²) < 4.78 is 5.06. The van der Waals surface area contributed by atoms with Gasteiger partial charge in [-0.3, -0.25) is 0 Å². The van der Waals surface area contributed by atoms with Crippen LogP contribution in [0.1, 0.15) is 26.7 Å². The zero-order valence-electron chi connectivity index (χ0n) is 7.68. The summed E-state index contributed by atoms with van der Waals surface area (Å²) >= 11 is 3.34. The quantitative estimate of drug-likeness (QED) is 0.234. The fourth-order valence-electron chi connectivity index (χ4n) is 0.633. The molecule has 0 fully saturated rings. The van der Waals surface area contributed by atoms with E-state index in [9.17, 15) is 0 Å². The summed E-state index contributed by atoms with van der Waals surface area (Å²) in [5, 5.41) is 4.78. The highest BCUT2D eigenvalue weighted by Gasteiger charge is 1.89. The number of nitrogens with zero attached hydrogens (tertiary/aromatic N) is 1. The van der Waals surface area contributed by atoms with E-state index in [2.05, 4.69) is 21.1 Å². The first-order valence-corrected chi connectivity index (χ1v) is 5.28. The van der Waals surface area contributed by atoms with Gasteiger partial charge in [0.1, 0.15) is 6.61 Å². The Labute approximate surface area is 82.2 Å². The molecule has 4 heteroatoms. The van der Waals surface area contributed by atoms with Gasteiger partial charge in [0.25, 0.3) is 0 Å². The lowest BCUT2D eigenvalue weighted by Crippen LogP contribution is -2.00. The summed E-state index contributed by atoms with van der Waals surface area (Å²) in [4.78, 5) is 4.99. The van der Waals surface area contributed by atoms with Crippen molar-refractivity contribution in [1.82, 2.24) is 0 Å². The molecule has 72 valence electrons. The number of rotatable bonds is 6. The van der Waals surface area contributed by atoms with Crippen LogP contribution in [0.4, 0.5) is 0 Å². The highest BCUT2D eigenvalue weighted by molar-refractivity contribution is 9.09. The normalized spacial score (nSPS) is 11.4. The summed E-state index contributed by atoms with van der Waals surface area (Å²) in [5.41, 5.74) is 0. The maximum Gasteiger partial charge on any atom is 0.222 e. The molecule has 0 saturated carbocycles. The zero-order valence-corrected chi connectivity index (χ0v) is 9.26. The third-order valence-electron chi connectivity index (χ3n) is 1.17. The van der Waals surface area contributed by atoms with Gasteiger partial charge in [-0.2, -0.15) is 0 Å². The lowest BCUT2D eigenvalue weighted by atomic mass is 10.4. The van der Waals surface area contributed by atoms with Gasteiger partial charge in [-0.25, -0.2) is 0 Å². The van der Waals surface area contributed by atoms with E-state index in [-0.39, 0.29) is 0 Å². The Bertz CT molecular complexity index is 128. The molecule has 0 bridgehead atoms. The molecule has 0 aliphatic rings. The molecule has 0 aliphatic carbocycles. The Morgan fingerprint density at radius 2 is 2.17 bits per heavy atom. The average molecular weight is 238 g/mol. The number of unbranched alkanes of at least 4 members (excludes halogenated alkanes) is 1. The van der Waals surface area contributed by atoms with Gasteiger partial charge < -0.3 is 9.57 Å². The second-order valence-electron chi connectivity index (χ2n) is 2.27. The van der Waals surface area contributed by atoms with Gasteiger partial charge in [0, 0.05) is 12.3 Å². The van der Waals surface area contributed by atoms with Crippen LogP contribution in [-0.2, 0) is 9.57 Å². The number of hydrogen-bond acceptors (Lipinski definition) is 3. The molecule has 0 aliphatic heterocycles. The summed E-state index contributed by atoms with van der Waals surface area (Å²) in [6.07, 6.45) is 2.14. The SMILES string of the molecule is CCOC(C)=NOCCCCBr. The Hall–Kier alpha value is -0.250. The maximum atomic E-state index is 5.06. The van der Waals surface area contributed by atoms with Crippen molar-refractivity contribution in [2.45, 2.75) is 26.7 Å². The van der Waals surface area contributed by atoms with Crippen LogP contribution < -0.4 is 0 Å². The molecule has 0 aromatic rings. The smallest absolute Gasteiger partial charge is 0.222 e. The van der Waals surface area contributed by atoms with Crippen molar-refractivity contribution in [2.75, 3.05) is 18.5 Å². The predicted molar refractivity (Wildman–Crippen MR) is 53.7 cm³/mol. The fourth-order valence-corrected chi connectivity index (χ4v) is 1.03. The van der Waals surface area contributed by atoms with E-state index in [1.165, 1.54) is 0 Å². The van der Waals surface area contributed by atoms with Crippen LogP contribution in [0.2, 0.25) is 0 Å². The molecule has 0 aromatic carbocycles. The number of ether oxygens (including phenoxy) is 1. The highest BCUT2D eigenvalue weighted by atomic mass is 79.9. The molecule has 0 aromatic heterocycles. The van der Waals surface area contributed by atoms with Crippen molar-refractivity contribution in [1.29, 1.82) is 0 Å². The average Bonchev–Trinajstić information content (AvgIpc) is 2.05. The molecule has 0 spiro atoms. The Morgan fingerprint density at radius 1 is 1.42 bits per heavy atom. The van der Waals surface area contributed by atoms with Gasteiger partial charge in [0.2, 0.25) is 5.90 Å². The molecule has 0 radical (unpaired) electrons. The van der Waals surface area contributed by atoms with E-state index in [0.717, 1.165) is 18.2 Å². The van der Waals surface area contributed by atoms with E-state index < -0.39 is 0 Å². The molecule has 0 unspecified atom stereocenters. The van der Waals surface area contributed by atoms with Crippen molar-refractivity contribution >= 4 is 21.8 Å². The van der Waals surface area contributed by atoms with E-state index in [4.69, 9.17) is 9.57 Å². The molecular weight excluding hydrogens is 222 g/mol. The minimum atomic E-state index is 0.594. The van der Waals surface area contributed by atoms with Gasteiger partial charge in [-0.05, 0) is 19.8 Å². The van der Waals surface area contributed by atoms with Crippen LogP contribution in [-0.4, -0.2) is 24.4 Å². The maximum absolute atomic E-state index is 5.06. The minimum Gasteiger partial charge on any atom is -0.479 e. The summed E-state index contributed by atoms with van der Waals surface area (Å²) in [7, 11) is 0. The van der Waals surface area contributed by atoms with E-state index in [1.807, 2.05) is 6.92 Å². The molecule has 0 atom stereocenters. The topological polar surface area (TPSA) is 30.8 Å². The molecule has 0 heterocycles. The fraction of sp³-hybridized carbons (Fsp3) is 0.875. The van der Waals surface area contributed by atoms with Crippen LogP contribution in [0, 0.1) is 0 Å². The molecule has 3 nitrogen and oxygen atoms in total. The molecule has 0 N–H and O–H groups in total. The number of alkyl halides is 1. The van der Waals surface area contributed by atoms with Crippen LogP contribution >= 0.6 is 15.9 Å². The molecular formula is C8H16BrNO2. The first-order valence-electron chi connectivity index (χ1n) is 4.16. The second kappa shape index (κ2) is 8.84. The van der Waals surface area contributed by atoms with Crippen LogP contribution in [0.3, 0.4) is 0 Å². The Balaban J connectivity index is 3.21. The van der Waals surface area contributed by atoms with Gasteiger partial charge in [0.15, 0.2) is 0 Å². The molecule has 12 heavy (non-hydrogen) atoms. The Morgan fingerprint density at radius 3 is 2.75 bits per heavy atom. The van der Waals surface area contributed by atoms with Crippen LogP contribution in [0.5, 0.6) is 0 Å². The van der Waals surface area contributed by atoms with Gasteiger partial charge >= 0.3 is 0 Å². The summed E-state index contributed by atoms with van der Waals surface area (Å²) in [5.74, 6) is 0.594. The summed E-state index contributed by atoms with van der Waals surface area (Å²) in [6, 6.07) is 0. The third-order valence-corrected chi connectivity index (χ3v) is 1.73. The third kappa shape index (κ3) is 7.85. The van der Waals surface area contributed by atoms with Gasteiger partial charge in [-0.15, -0.1) is 0 Å². The minimum absolute atomic E-state index is 0.594. The van der Waals surface area contributed by atoms with Crippen LogP contribution in [0.25, 0.3) is 0 Å². The second-order valence-corrected chi connectivity index (χ2v) is 3.07. The predicted octanol–water partition coefficient (Wildman–Crippen LogP) is 2.55. The largest absolute Gasteiger partial charge is 0.479 e. The first-order chi connectivity index (χ1) is 5.81. The Kier molecular flexibility index (Phi) is 8.66. The summed E-state index contributed by atoms with van der Waals surface area (Å²) in [6.45, 7) is 5.01. The molecule has 0 rings (SSSR count).